The number of hydrogen-bond donors (Lipinski definition) is 2. The molecule has 0 fully saturated rings. The van der Waals surface area contributed by atoms with Crippen LogP contribution in [0.3, 0.4) is 0 Å². The van der Waals surface area contributed by atoms with Gasteiger partial charge >= 0.3 is 0 Å². The highest BCUT2D eigenvalue weighted by Crippen LogP contribution is 2.26. The summed E-state index contributed by atoms with van der Waals surface area (Å²) in [6.07, 6.45) is 0. The number of hydrogen-bond acceptors (Lipinski definition) is 4. The zero-order valence-electron chi connectivity index (χ0n) is 16.2. The third-order valence-corrected chi connectivity index (χ3v) is 4.07. The molecule has 2 N–H and O–H groups in total. The van der Waals surface area contributed by atoms with Gasteiger partial charge in [0.05, 0.1) is 31.9 Å². The maximum Gasteiger partial charge on any atom is 0.255 e. The summed E-state index contributed by atoms with van der Waals surface area (Å²) in [6.45, 7) is 6.04. The first-order valence-electron chi connectivity index (χ1n) is 8.90. The van der Waals surface area contributed by atoms with E-state index < -0.39 is 0 Å². The van der Waals surface area contributed by atoms with Gasteiger partial charge in [-0.15, -0.1) is 0 Å². The molecule has 0 aliphatic rings. The molecular weight excluding hydrogens is 344 g/mol. The number of aryl methyl sites for hydroxylation is 1. The number of amides is 2. The van der Waals surface area contributed by atoms with Crippen LogP contribution in [0.5, 0.6) is 11.5 Å². The monoisotopic (exact) mass is 370 g/mol. The molecule has 6 nitrogen and oxygen atoms in total. The van der Waals surface area contributed by atoms with Gasteiger partial charge in [-0.1, -0.05) is 29.8 Å². The number of nitrogens with one attached hydrogen (secondary N) is 2. The molecule has 1 unspecified atom stereocenters. The molecule has 0 spiro atoms. The highest BCUT2D eigenvalue weighted by Gasteiger charge is 2.16. The smallest absolute Gasteiger partial charge is 0.255 e. The van der Waals surface area contributed by atoms with E-state index in [2.05, 4.69) is 10.6 Å². The summed E-state index contributed by atoms with van der Waals surface area (Å²) in [5.74, 6) is 0.571. The Kier molecular flexibility index (Phi) is 7.23. The minimum atomic E-state index is -0.352. The summed E-state index contributed by atoms with van der Waals surface area (Å²) in [5, 5.41) is 5.51. The van der Waals surface area contributed by atoms with Crippen molar-refractivity contribution in [3.8, 4) is 11.5 Å². The molecule has 0 heterocycles. The molecule has 144 valence electrons. The second-order valence-corrected chi connectivity index (χ2v) is 6.15. The first-order valence-corrected chi connectivity index (χ1v) is 8.90. The van der Waals surface area contributed by atoms with E-state index in [1.54, 1.807) is 31.4 Å². The fourth-order valence-electron chi connectivity index (χ4n) is 2.75. The molecule has 0 aliphatic carbocycles. The zero-order chi connectivity index (χ0) is 19.8. The van der Waals surface area contributed by atoms with Gasteiger partial charge in [0, 0.05) is 5.56 Å². The largest absolute Gasteiger partial charge is 0.496 e. The lowest BCUT2D eigenvalue weighted by Gasteiger charge is -2.18. The quantitative estimate of drug-likeness (QED) is 0.749. The summed E-state index contributed by atoms with van der Waals surface area (Å²) in [6, 6.07) is 12.5. The average Bonchev–Trinajstić information content (AvgIpc) is 2.66. The SMILES string of the molecule is CCOc1ccccc1C(=O)NCC(=O)NC(C)c1cc(C)ccc1OC. The van der Waals surface area contributed by atoms with Crippen molar-refractivity contribution >= 4 is 11.8 Å². The van der Waals surface area contributed by atoms with Gasteiger partial charge in [0.25, 0.3) is 5.91 Å². The predicted octanol–water partition coefficient (Wildman–Crippen LogP) is 3.01. The van der Waals surface area contributed by atoms with Crippen molar-refractivity contribution < 1.29 is 19.1 Å². The Morgan fingerprint density at radius 3 is 2.56 bits per heavy atom. The summed E-state index contributed by atoms with van der Waals surface area (Å²) in [7, 11) is 1.60. The van der Waals surface area contributed by atoms with E-state index in [4.69, 9.17) is 9.47 Å². The highest BCUT2D eigenvalue weighted by atomic mass is 16.5. The molecule has 2 amide bonds. The van der Waals surface area contributed by atoms with Gasteiger partial charge in [0.2, 0.25) is 5.91 Å². The van der Waals surface area contributed by atoms with Crippen LogP contribution >= 0.6 is 0 Å². The van der Waals surface area contributed by atoms with Crippen LogP contribution in [0.1, 0.15) is 41.4 Å². The molecule has 27 heavy (non-hydrogen) atoms. The predicted molar refractivity (Wildman–Crippen MR) is 104 cm³/mol. The summed E-state index contributed by atoms with van der Waals surface area (Å²) in [4.78, 5) is 24.6. The number of ether oxygens (including phenoxy) is 2. The Morgan fingerprint density at radius 1 is 1.11 bits per heavy atom. The Labute approximate surface area is 159 Å². The summed E-state index contributed by atoms with van der Waals surface area (Å²) >= 11 is 0. The van der Waals surface area contributed by atoms with E-state index in [1.165, 1.54) is 0 Å². The van der Waals surface area contributed by atoms with Crippen LogP contribution in [-0.4, -0.2) is 32.1 Å². The topological polar surface area (TPSA) is 76.7 Å². The van der Waals surface area contributed by atoms with E-state index in [9.17, 15) is 9.59 Å². The molecule has 0 aromatic heterocycles. The fourth-order valence-corrected chi connectivity index (χ4v) is 2.75. The van der Waals surface area contributed by atoms with Gasteiger partial charge < -0.3 is 20.1 Å². The second-order valence-electron chi connectivity index (χ2n) is 6.15. The lowest BCUT2D eigenvalue weighted by molar-refractivity contribution is -0.120. The van der Waals surface area contributed by atoms with Gasteiger partial charge in [0.15, 0.2) is 0 Å². The Bertz CT molecular complexity index is 805. The van der Waals surface area contributed by atoms with E-state index >= 15 is 0 Å². The van der Waals surface area contributed by atoms with Crippen molar-refractivity contribution in [2.24, 2.45) is 0 Å². The third kappa shape index (κ3) is 5.48. The first-order chi connectivity index (χ1) is 13.0. The van der Waals surface area contributed by atoms with Crippen LogP contribution in [0.15, 0.2) is 42.5 Å². The van der Waals surface area contributed by atoms with Crippen LogP contribution in [0.2, 0.25) is 0 Å². The Balaban J connectivity index is 1.96. The number of benzene rings is 2. The lowest BCUT2D eigenvalue weighted by Crippen LogP contribution is -2.38. The lowest BCUT2D eigenvalue weighted by atomic mass is 10.0. The molecule has 2 rings (SSSR count). The third-order valence-electron chi connectivity index (χ3n) is 4.07. The second kappa shape index (κ2) is 9.62. The van der Waals surface area contributed by atoms with Crippen molar-refractivity contribution in [1.29, 1.82) is 0 Å². The summed E-state index contributed by atoms with van der Waals surface area (Å²) in [5.41, 5.74) is 2.37. The van der Waals surface area contributed by atoms with Crippen molar-refractivity contribution in [3.05, 3.63) is 59.2 Å². The van der Waals surface area contributed by atoms with Crippen LogP contribution < -0.4 is 20.1 Å². The minimum Gasteiger partial charge on any atom is -0.496 e. The molecule has 0 bridgehead atoms. The first kappa shape index (κ1) is 20.3. The number of methoxy groups -OCH3 is 1. The van der Waals surface area contributed by atoms with Gasteiger partial charge in [0.1, 0.15) is 11.5 Å². The molecule has 2 aromatic rings. The molecule has 0 aliphatic heterocycles. The van der Waals surface area contributed by atoms with Crippen molar-refractivity contribution in [2.45, 2.75) is 26.8 Å². The number of carbonyl (C=O) groups is 2. The maximum absolute atomic E-state index is 12.4. The number of carbonyl (C=O) groups excluding carboxylic acids is 2. The van der Waals surface area contributed by atoms with Gasteiger partial charge in [-0.05, 0) is 39.0 Å². The maximum atomic E-state index is 12.4. The fraction of sp³-hybridized carbons (Fsp3) is 0.333. The molecule has 0 saturated heterocycles. The molecule has 6 heteroatoms. The van der Waals surface area contributed by atoms with Crippen molar-refractivity contribution in [3.63, 3.8) is 0 Å². The van der Waals surface area contributed by atoms with E-state index in [-0.39, 0.29) is 24.4 Å². The van der Waals surface area contributed by atoms with E-state index in [0.29, 0.717) is 23.7 Å². The minimum absolute atomic E-state index is 0.127. The van der Waals surface area contributed by atoms with Gasteiger partial charge in [-0.3, -0.25) is 9.59 Å². The Hall–Kier alpha value is -3.02. The Morgan fingerprint density at radius 2 is 1.85 bits per heavy atom. The summed E-state index contributed by atoms with van der Waals surface area (Å²) < 4.78 is 10.8. The van der Waals surface area contributed by atoms with Gasteiger partial charge in [-0.25, -0.2) is 0 Å². The molecule has 1 atom stereocenters. The number of para-hydroxylation sites is 1. The molecule has 0 radical (unpaired) electrons. The van der Waals surface area contributed by atoms with E-state index in [1.807, 2.05) is 39.0 Å². The molecular formula is C21H26N2O4. The normalized spacial score (nSPS) is 11.4. The highest BCUT2D eigenvalue weighted by molar-refractivity contribution is 5.98. The van der Waals surface area contributed by atoms with Crippen LogP contribution in [0, 0.1) is 6.92 Å². The van der Waals surface area contributed by atoms with Crippen LogP contribution in [0.25, 0.3) is 0 Å². The van der Waals surface area contributed by atoms with Crippen LogP contribution in [-0.2, 0) is 4.79 Å². The van der Waals surface area contributed by atoms with E-state index in [0.717, 1.165) is 11.1 Å². The van der Waals surface area contributed by atoms with Gasteiger partial charge in [-0.2, -0.15) is 0 Å². The molecule has 2 aromatic carbocycles. The average molecular weight is 370 g/mol. The van der Waals surface area contributed by atoms with Crippen molar-refractivity contribution in [2.75, 3.05) is 20.3 Å². The number of rotatable bonds is 8. The van der Waals surface area contributed by atoms with Crippen LogP contribution in [0.4, 0.5) is 0 Å². The van der Waals surface area contributed by atoms with Crippen molar-refractivity contribution in [1.82, 2.24) is 10.6 Å². The molecule has 0 saturated carbocycles. The zero-order valence-corrected chi connectivity index (χ0v) is 16.2. The standard InChI is InChI=1S/C21H26N2O4/c1-5-27-19-9-7-6-8-16(19)21(25)22-13-20(24)23-15(3)17-12-14(2)10-11-18(17)26-4/h6-12,15H,5,13H2,1-4H3,(H,22,25)(H,23,24).